The summed E-state index contributed by atoms with van der Waals surface area (Å²) in [5.41, 5.74) is 3.73. The van der Waals surface area contributed by atoms with Crippen LogP contribution in [0.3, 0.4) is 0 Å². The average molecular weight is 499 g/mol. The number of ether oxygens (including phenoxy) is 2. The molecule has 0 aliphatic carbocycles. The molecule has 2 rings (SSSR count). The maximum absolute atomic E-state index is 12.0. The smallest absolute Gasteiger partial charge is 0.309 e. The topological polar surface area (TPSA) is 64.6 Å². The minimum Gasteiger partial charge on any atom is -0.493 e. The molecule has 0 saturated heterocycles. The van der Waals surface area contributed by atoms with Gasteiger partial charge in [0.2, 0.25) is 0 Å². The summed E-state index contributed by atoms with van der Waals surface area (Å²) >= 11 is 6.81. The van der Waals surface area contributed by atoms with E-state index in [0.717, 1.165) is 31.4 Å². The van der Waals surface area contributed by atoms with Crippen LogP contribution in [0.15, 0.2) is 39.3 Å². The monoisotopic (exact) mass is 497 g/mol. The summed E-state index contributed by atoms with van der Waals surface area (Å²) in [6.45, 7) is 5.71. The molecule has 0 fully saturated rings. The van der Waals surface area contributed by atoms with Crippen LogP contribution in [-0.2, 0) is 14.3 Å². The second-order valence-electron chi connectivity index (χ2n) is 6.18. The molecule has 1 amide bonds. The molecule has 2 aromatic carbocycles. The Balaban J connectivity index is 1.77. The molecule has 0 saturated carbocycles. The lowest BCUT2D eigenvalue weighted by Crippen LogP contribution is -2.22. The molecule has 0 radical (unpaired) electrons. The number of hydrogen-bond acceptors (Lipinski definition) is 4. The maximum Gasteiger partial charge on any atom is 0.309 e. The zero-order valence-electron chi connectivity index (χ0n) is 15.4. The van der Waals surface area contributed by atoms with Crippen LogP contribution in [0.25, 0.3) is 0 Å². The van der Waals surface area contributed by atoms with Crippen molar-refractivity contribution in [2.75, 3.05) is 18.5 Å². The van der Waals surface area contributed by atoms with E-state index in [1.54, 1.807) is 0 Å². The molecule has 0 heterocycles. The fraction of sp³-hybridized carbons (Fsp3) is 0.300. The molecule has 2 aromatic rings. The van der Waals surface area contributed by atoms with Crippen molar-refractivity contribution in [3.63, 3.8) is 0 Å². The average Bonchev–Trinajstić information content (AvgIpc) is 2.59. The fourth-order valence-corrected chi connectivity index (χ4v) is 3.93. The number of carbonyl (C=O) groups excluding carboxylic acids is 2. The van der Waals surface area contributed by atoms with E-state index in [4.69, 9.17) is 9.47 Å². The zero-order valence-corrected chi connectivity index (χ0v) is 18.6. The molecule has 0 aliphatic rings. The van der Waals surface area contributed by atoms with Crippen molar-refractivity contribution in [3.05, 3.63) is 56.0 Å². The van der Waals surface area contributed by atoms with Gasteiger partial charge in [0.15, 0.2) is 6.61 Å². The van der Waals surface area contributed by atoms with Crippen LogP contribution in [0.5, 0.6) is 5.75 Å². The highest BCUT2D eigenvalue weighted by Crippen LogP contribution is 2.32. The first-order valence-electron chi connectivity index (χ1n) is 8.37. The summed E-state index contributed by atoms with van der Waals surface area (Å²) < 4.78 is 12.1. The summed E-state index contributed by atoms with van der Waals surface area (Å²) in [5.74, 6) is -0.156. The number of hydrogen-bond donors (Lipinski definition) is 1. The van der Waals surface area contributed by atoms with E-state index in [2.05, 4.69) is 37.2 Å². The van der Waals surface area contributed by atoms with Gasteiger partial charge in [0.25, 0.3) is 5.91 Å². The maximum atomic E-state index is 12.0. The number of rotatable bonds is 7. The number of amides is 1. The van der Waals surface area contributed by atoms with Crippen molar-refractivity contribution in [2.45, 2.75) is 27.2 Å². The summed E-state index contributed by atoms with van der Waals surface area (Å²) in [6, 6.07) is 9.66. The van der Waals surface area contributed by atoms with E-state index in [1.165, 1.54) is 0 Å². The summed E-state index contributed by atoms with van der Waals surface area (Å²) in [7, 11) is 0. The third kappa shape index (κ3) is 6.66. The number of aryl methyl sites for hydroxylation is 3. The van der Waals surface area contributed by atoms with Crippen LogP contribution >= 0.6 is 31.9 Å². The molecule has 0 aromatic heterocycles. The van der Waals surface area contributed by atoms with E-state index in [1.807, 2.05) is 51.1 Å². The van der Waals surface area contributed by atoms with E-state index >= 15 is 0 Å². The van der Waals surface area contributed by atoms with Gasteiger partial charge in [-0.05, 0) is 87.5 Å². The first-order chi connectivity index (χ1) is 12.8. The zero-order chi connectivity index (χ0) is 20.0. The van der Waals surface area contributed by atoms with Crippen LogP contribution in [0, 0.1) is 20.8 Å². The molecule has 0 bridgehead atoms. The van der Waals surface area contributed by atoms with Crippen LogP contribution in [0.2, 0.25) is 0 Å². The van der Waals surface area contributed by atoms with Crippen molar-refractivity contribution < 1.29 is 19.1 Å². The quantitative estimate of drug-likeness (QED) is 0.540. The highest BCUT2D eigenvalue weighted by molar-refractivity contribution is 9.11. The van der Waals surface area contributed by atoms with Gasteiger partial charge in [-0.15, -0.1) is 0 Å². The number of nitrogens with one attached hydrogen (secondary N) is 1. The van der Waals surface area contributed by atoms with Crippen molar-refractivity contribution in [1.29, 1.82) is 0 Å². The number of benzene rings is 2. The van der Waals surface area contributed by atoms with Crippen LogP contribution < -0.4 is 10.1 Å². The number of esters is 1. The molecule has 1 N–H and O–H groups in total. The summed E-state index contributed by atoms with van der Waals surface area (Å²) in [5, 5.41) is 2.72. The lowest BCUT2D eigenvalue weighted by molar-refractivity contribution is -0.147. The van der Waals surface area contributed by atoms with Gasteiger partial charge in [-0.3, -0.25) is 9.59 Å². The predicted octanol–water partition coefficient (Wildman–Crippen LogP) is 5.09. The van der Waals surface area contributed by atoms with Gasteiger partial charge < -0.3 is 14.8 Å². The second kappa shape index (κ2) is 9.90. The first kappa shape index (κ1) is 21.4. The molecular formula is C20H21Br2NO4. The largest absolute Gasteiger partial charge is 0.493 e. The van der Waals surface area contributed by atoms with E-state index in [9.17, 15) is 9.59 Å². The second-order valence-corrected chi connectivity index (χ2v) is 7.89. The van der Waals surface area contributed by atoms with Gasteiger partial charge in [-0.25, -0.2) is 0 Å². The Bertz CT molecular complexity index is 829. The number of carbonyl (C=O) groups is 2. The van der Waals surface area contributed by atoms with E-state index < -0.39 is 11.9 Å². The Kier molecular flexibility index (Phi) is 7.86. The molecule has 5 nitrogen and oxygen atoms in total. The third-order valence-corrected chi connectivity index (χ3v) is 4.97. The molecule has 0 atom stereocenters. The van der Waals surface area contributed by atoms with Gasteiger partial charge in [-0.1, -0.05) is 12.1 Å². The summed E-state index contributed by atoms with van der Waals surface area (Å²) in [4.78, 5) is 23.8. The molecule has 0 spiro atoms. The highest BCUT2D eigenvalue weighted by atomic mass is 79.9. The molecule has 27 heavy (non-hydrogen) atoms. The van der Waals surface area contributed by atoms with Crippen molar-refractivity contribution in [1.82, 2.24) is 0 Å². The standard InChI is InChI=1S/C20H21Br2NO4/c1-12-4-5-14(3)17(10-12)26-7-6-19(25)27-11-18(24)23-20-15(21)8-13(2)9-16(20)22/h4-5,8-10H,6-7,11H2,1-3H3,(H,23,24). The van der Waals surface area contributed by atoms with Crippen molar-refractivity contribution in [2.24, 2.45) is 0 Å². The van der Waals surface area contributed by atoms with Gasteiger partial charge >= 0.3 is 5.97 Å². The van der Waals surface area contributed by atoms with Crippen LogP contribution in [0.4, 0.5) is 5.69 Å². The Morgan fingerprint density at radius 2 is 1.67 bits per heavy atom. The first-order valence-corrected chi connectivity index (χ1v) is 9.96. The van der Waals surface area contributed by atoms with Gasteiger partial charge in [0.05, 0.1) is 18.7 Å². The van der Waals surface area contributed by atoms with Crippen molar-refractivity contribution >= 4 is 49.4 Å². The molecular weight excluding hydrogens is 478 g/mol. The lowest BCUT2D eigenvalue weighted by Gasteiger charge is -2.12. The number of halogens is 2. The molecule has 0 unspecified atom stereocenters. The minimum absolute atomic E-state index is 0.0680. The summed E-state index contributed by atoms with van der Waals surface area (Å²) in [6.07, 6.45) is 0.0680. The lowest BCUT2D eigenvalue weighted by atomic mass is 10.1. The fourth-order valence-electron chi connectivity index (χ4n) is 2.32. The number of anilines is 1. The van der Waals surface area contributed by atoms with Crippen LogP contribution in [-0.4, -0.2) is 25.1 Å². The van der Waals surface area contributed by atoms with Gasteiger partial charge in [0, 0.05) is 8.95 Å². The van der Waals surface area contributed by atoms with E-state index in [0.29, 0.717) is 5.69 Å². The van der Waals surface area contributed by atoms with E-state index in [-0.39, 0.29) is 19.6 Å². The molecule has 0 aliphatic heterocycles. The van der Waals surface area contributed by atoms with Gasteiger partial charge in [-0.2, -0.15) is 0 Å². The normalized spacial score (nSPS) is 10.4. The molecule has 144 valence electrons. The highest BCUT2D eigenvalue weighted by Gasteiger charge is 2.13. The Labute approximate surface area is 175 Å². The van der Waals surface area contributed by atoms with Crippen molar-refractivity contribution in [3.8, 4) is 5.75 Å². The van der Waals surface area contributed by atoms with Gasteiger partial charge in [0.1, 0.15) is 5.75 Å². The third-order valence-electron chi connectivity index (χ3n) is 3.72. The predicted molar refractivity (Wildman–Crippen MR) is 112 cm³/mol. The molecule has 7 heteroatoms. The Morgan fingerprint density at radius 3 is 2.33 bits per heavy atom. The Hall–Kier alpha value is -1.86. The Morgan fingerprint density at radius 1 is 1.00 bits per heavy atom. The van der Waals surface area contributed by atoms with Crippen LogP contribution in [0.1, 0.15) is 23.1 Å². The SMILES string of the molecule is Cc1cc(Br)c(NC(=O)COC(=O)CCOc2cc(C)ccc2C)c(Br)c1. The minimum atomic E-state index is -0.488.